The molecule has 1 aliphatic heterocycles. The zero-order chi connectivity index (χ0) is 15.1. The molecule has 0 bridgehead atoms. The molecule has 0 radical (unpaired) electrons. The second-order valence-electron chi connectivity index (χ2n) is 5.06. The van der Waals surface area contributed by atoms with E-state index in [9.17, 15) is 4.79 Å². The lowest BCUT2D eigenvalue weighted by atomic mass is 10.0. The summed E-state index contributed by atoms with van der Waals surface area (Å²) in [7, 11) is 0. The van der Waals surface area contributed by atoms with Crippen molar-refractivity contribution in [2.75, 3.05) is 19.8 Å². The first-order valence-electron chi connectivity index (χ1n) is 7.51. The van der Waals surface area contributed by atoms with Crippen molar-refractivity contribution in [3.05, 3.63) is 23.8 Å². The Morgan fingerprint density at radius 1 is 1.29 bits per heavy atom. The predicted molar refractivity (Wildman–Crippen MR) is 79.5 cm³/mol. The smallest absolute Gasteiger partial charge is 0.305 e. The summed E-state index contributed by atoms with van der Waals surface area (Å²) in [4.78, 5) is 11.2. The van der Waals surface area contributed by atoms with Gasteiger partial charge in [0.15, 0.2) is 11.5 Å². The van der Waals surface area contributed by atoms with Crippen molar-refractivity contribution in [3.63, 3.8) is 0 Å². The van der Waals surface area contributed by atoms with Gasteiger partial charge in [-0.25, -0.2) is 0 Å². The first kappa shape index (κ1) is 15.6. The Morgan fingerprint density at radius 2 is 2.05 bits per heavy atom. The van der Waals surface area contributed by atoms with Gasteiger partial charge in [0.1, 0.15) is 13.2 Å². The average Bonchev–Trinajstić information content (AvgIpc) is 2.51. The van der Waals surface area contributed by atoms with E-state index < -0.39 is 0 Å². The van der Waals surface area contributed by atoms with Gasteiger partial charge in [0.05, 0.1) is 6.61 Å². The van der Waals surface area contributed by atoms with Crippen LogP contribution in [0, 0.1) is 0 Å². The van der Waals surface area contributed by atoms with Gasteiger partial charge in [0.2, 0.25) is 0 Å². The number of ether oxygens (including phenoxy) is 3. The normalized spacial score (nSPS) is 14.6. The Balaban J connectivity index is 1.78. The van der Waals surface area contributed by atoms with E-state index in [-0.39, 0.29) is 12.0 Å². The number of hydrogen-bond donors (Lipinski definition) is 1. The number of carbonyl (C=O) groups excluding carboxylic acids is 1. The van der Waals surface area contributed by atoms with Crippen LogP contribution in [0.4, 0.5) is 0 Å². The molecule has 2 rings (SSSR count). The lowest BCUT2D eigenvalue weighted by Gasteiger charge is -2.20. The van der Waals surface area contributed by atoms with Crippen LogP contribution < -0.4 is 15.2 Å². The largest absolute Gasteiger partial charge is 0.486 e. The van der Waals surface area contributed by atoms with Crippen molar-refractivity contribution in [3.8, 4) is 11.5 Å². The van der Waals surface area contributed by atoms with Gasteiger partial charge in [-0.3, -0.25) is 4.79 Å². The third-order valence-corrected chi connectivity index (χ3v) is 3.45. The van der Waals surface area contributed by atoms with Gasteiger partial charge in [-0.1, -0.05) is 12.5 Å². The van der Waals surface area contributed by atoms with Crippen LogP contribution in [0.1, 0.15) is 44.2 Å². The van der Waals surface area contributed by atoms with E-state index in [1.165, 1.54) is 0 Å². The van der Waals surface area contributed by atoms with Crippen LogP contribution in [0.5, 0.6) is 11.5 Å². The maximum Gasteiger partial charge on any atom is 0.305 e. The van der Waals surface area contributed by atoms with E-state index in [0.29, 0.717) is 26.2 Å². The molecule has 1 heterocycles. The van der Waals surface area contributed by atoms with Crippen LogP contribution in [0.3, 0.4) is 0 Å². The third kappa shape index (κ3) is 4.63. The zero-order valence-electron chi connectivity index (χ0n) is 12.5. The van der Waals surface area contributed by atoms with Crippen LogP contribution in [0.15, 0.2) is 18.2 Å². The number of esters is 1. The molecule has 0 fully saturated rings. The van der Waals surface area contributed by atoms with E-state index in [1.807, 2.05) is 25.1 Å². The summed E-state index contributed by atoms with van der Waals surface area (Å²) in [6.07, 6.45) is 2.99. The maximum absolute atomic E-state index is 11.2. The molecule has 0 spiro atoms. The topological polar surface area (TPSA) is 70.8 Å². The molecule has 0 aromatic heterocycles. The van der Waals surface area contributed by atoms with Crippen LogP contribution in [0.2, 0.25) is 0 Å². The first-order valence-corrected chi connectivity index (χ1v) is 7.51. The van der Waals surface area contributed by atoms with E-state index in [2.05, 4.69) is 0 Å². The van der Waals surface area contributed by atoms with E-state index in [0.717, 1.165) is 36.3 Å². The second kappa shape index (κ2) is 7.88. The number of nitrogens with two attached hydrogens (primary N) is 1. The fourth-order valence-electron chi connectivity index (χ4n) is 2.32. The van der Waals surface area contributed by atoms with Gasteiger partial charge in [-0.15, -0.1) is 0 Å². The van der Waals surface area contributed by atoms with Gasteiger partial charge in [0.25, 0.3) is 0 Å². The summed E-state index contributed by atoms with van der Waals surface area (Å²) in [6.45, 7) is 3.42. The quantitative estimate of drug-likeness (QED) is 0.618. The van der Waals surface area contributed by atoms with Gasteiger partial charge < -0.3 is 19.9 Å². The predicted octanol–water partition coefficient (Wildman–Crippen LogP) is 2.58. The zero-order valence-corrected chi connectivity index (χ0v) is 12.5. The minimum Gasteiger partial charge on any atom is -0.486 e. The highest BCUT2D eigenvalue weighted by Gasteiger charge is 2.14. The monoisotopic (exact) mass is 293 g/mol. The number of fused-ring (bicyclic) bond motifs is 1. The number of unbranched alkanes of at least 4 members (excludes halogenated alkanes) is 1. The molecule has 1 aliphatic rings. The average molecular weight is 293 g/mol. The minimum absolute atomic E-state index is 0.0528. The van der Waals surface area contributed by atoms with Crippen LogP contribution >= 0.6 is 0 Å². The molecular formula is C16H23NO4. The van der Waals surface area contributed by atoms with Crippen molar-refractivity contribution in [1.82, 2.24) is 0 Å². The molecular weight excluding hydrogens is 270 g/mol. The van der Waals surface area contributed by atoms with Crippen molar-refractivity contribution in [2.24, 2.45) is 5.73 Å². The molecule has 2 N–H and O–H groups in total. The highest BCUT2D eigenvalue weighted by atomic mass is 16.6. The van der Waals surface area contributed by atoms with Crippen LogP contribution in [-0.4, -0.2) is 25.8 Å². The number of benzene rings is 1. The van der Waals surface area contributed by atoms with Crippen molar-refractivity contribution in [2.45, 2.75) is 38.6 Å². The van der Waals surface area contributed by atoms with Gasteiger partial charge in [-0.05, 0) is 37.5 Å². The maximum atomic E-state index is 11.2. The SMILES string of the molecule is CCOC(=O)CCCCC(N)c1ccc2c(c1)OCCO2. The molecule has 0 aliphatic carbocycles. The summed E-state index contributed by atoms with van der Waals surface area (Å²) >= 11 is 0. The molecule has 116 valence electrons. The Morgan fingerprint density at radius 3 is 2.81 bits per heavy atom. The number of carbonyl (C=O) groups is 1. The Kier molecular flexibility index (Phi) is 5.87. The Bertz CT molecular complexity index is 475. The summed E-state index contributed by atoms with van der Waals surface area (Å²) in [5.41, 5.74) is 7.23. The molecule has 5 heteroatoms. The van der Waals surface area contributed by atoms with E-state index in [1.54, 1.807) is 0 Å². The third-order valence-electron chi connectivity index (χ3n) is 3.45. The lowest BCUT2D eigenvalue weighted by molar-refractivity contribution is -0.143. The van der Waals surface area contributed by atoms with Crippen molar-refractivity contribution in [1.29, 1.82) is 0 Å². The molecule has 1 atom stereocenters. The highest BCUT2D eigenvalue weighted by molar-refractivity contribution is 5.69. The summed E-state index contributed by atoms with van der Waals surface area (Å²) < 4.78 is 15.9. The summed E-state index contributed by atoms with van der Waals surface area (Å²) in [6, 6.07) is 5.78. The van der Waals surface area contributed by atoms with Crippen molar-refractivity contribution < 1.29 is 19.0 Å². The van der Waals surface area contributed by atoms with Gasteiger partial charge in [-0.2, -0.15) is 0 Å². The van der Waals surface area contributed by atoms with Crippen molar-refractivity contribution >= 4 is 5.97 Å². The van der Waals surface area contributed by atoms with Gasteiger partial charge in [0, 0.05) is 12.5 Å². The van der Waals surface area contributed by atoms with Crippen LogP contribution in [-0.2, 0) is 9.53 Å². The molecule has 1 aromatic carbocycles. The molecule has 5 nitrogen and oxygen atoms in total. The molecule has 0 saturated heterocycles. The fraction of sp³-hybridized carbons (Fsp3) is 0.562. The standard InChI is InChI=1S/C16H23NO4/c1-2-19-16(18)6-4-3-5-13(17)12-7-8-14-15(11-12)21-10-9-20-14/h7-8,11,13H,2-6,9-10,17H2,1H3. The minimum atomic E-state index is -0.134. The molecule has 0 saturated carbocycles. The molecule has 21 heavy (non-hydrogen) atoms. The van der Waals surface area contributed by atoms with E-state index in [4.69, 9.17) is 19.9 Å². The number of hydrogen-bond acceptors (Lipinski definition) is 5. The highest BCUT2D eigenvalue weighted by Crippen LogP contribution is 2.33. The van der Waals surface area contributed by atoms with Crippen LogP contribution in [0.25, 0.3) is 0 Å². The van der Waals surface area contributed by atoms with Gasteiger partial charge >= 0.3 is 5.97 Å². The Hall–Kier alpha value is -1.75. The molecule has 1 aromatic rings. The Labute approximate surface area is 125 Å². The molecule has 0 amide bonds. The summed E-state index contributed by atoms with van der Waals surface area (Å²) in [5, 5.41) is 0. The number of rotatable bonds is 7. The molecule has 1 unspecified atom stereocenters. The summed E-state index contributed by atoms with van der Waals surface area (Å²) in [5.74, 6) is 1.41. The van der Waals surface area contributed by atoms with E-state index >= 15 is 0 Å². The first-order chi connectivity index (χ1) is 10.2. The fourth-order valence-corrected chi connectivity index (χ4v) is 2.32. The second-order valence-corrected chi connectivity index (χ2v) is 5.06. The lowest BCUT2D eigenvalue weighted by Crippen LogP contribution is -2.16.